The molecule has 1 aromatic rings. The number of hydrogen-bond acceptors (Lipinski definition) is 2. The van der Waals surface area contributed by atoms with E-state index in [9.17, 15) is 9.90 Å². The number of rotatable bonds is 4. The molecular formula is C16H22ClNO2. The Morgan fingerprint density at radius 2 is 2.10 bits per heavy atom. The zero-order chi connectivity index (χ0) is 14.5. The predicted octanol–water partition coefficient (Wildman–Crippen LogP) is 4.13. The quantitative estimate of drug-likeness (QED) is 0.877. The number of carbonyl (C=O) groups is 1. The molecule has 4 heteroatoms. The van der Waals surface area contributed by atoms with E-state index >= 15 is 0 Å². The molecule has 1 aliphatic rings. The molecule has 2 rings (SSSR count). The Kier molecular flexibility index (Phi) is 5.30. The van der Waals surface area contributed by atoms with Crippen LogP contribution in [0.5, 0.6) is 5.75 Å². The fourth-order valence-corrected chi connectivity index (χ4v) is 3.23. The highest BCUT2D eigenvalue weighted by Crippen LogP contribution is 2.28. The first-order valence-corrected chi connectivity index (χ1v) is 7.79. The monoisotopic (exact) mass is 295 g/mol. The average molecular weight is 296 g/mol. The second-order valence-corrected chi connectivity index (χ2v) is 5.96. The summed E-state index contributed by atoms with van der Waals surface area (Å²) in [5.41, 5.74) is 0.348. The number of phenolic OH excluding ortho intramolecular Hbond substituents is 1. The molecule has 0 radical (unpaired) electrons. The number of phenols is 1. The van der Waals surface area contributed by atoms with Crippen molar-refractivity contribution in [1.29, 1.82) is 0 Å². The van der Waals surface area contributed by atoms with Crippen LogP contribution < -0.4 is 5.32 Å². The van der Waals surface area contributed by atoms with Gasteiger partial charge in [-0.15, -0.1) is 0 Å². The fourth-order valence-electron chi connectivity index (χ4n) is 3.02. The van der Waals surface area contributed by atoms with Gasteiger partial charge in [-0.05, 0) is 43.4 Å². The van der Waals surface area contributed by atoms with Crippen molar-refractivity contribution in [2.75, 3.05) is 0 Å². The van der Waals surface area contributed by atoms with Crippen molar-refractivity contribution in [2.24, 2.45) is 5.92 Å². The standard InChI is InChI=1S/C16H22ClNO2/c1-2-15(11-6-4-3-5-7-11)18-16(20)13-10-12(19)8-9-14(13)17/h8-11,15,19H,2-7H2,1H3,(H,18,20). The Morgan fingerprint density at radius 3 is 2.75 bits per heavy atom. The summed E-state index contributed by atoms with van der Waals surface area (Å²) in [6.45, 7) is 2.10. The Balaban J connectivity index is 2.06. The first-order valence-electron chi connectivity index (χ1n) is 7.41. The van der Waals surface area contributed by atoms with E-state index in [4.69, 9.17) is 11.6 Å². The van der Waals surface area contributed by atoms with E-state index in [1.54, 1.807) is 6.07 Å². The van der Waals surface area contributed by atoms with Crippen molar-refractivity contribution >= 4 is 17.5 Å². The number of carbonyl (C=O) groups excluding carboxylic acids is 1. The van der Waals surface area contributed by atoms with E-state index < -0.39 is 0 Å². The zero-order valence-electron chi connectivity index (χ0n) is 11.9. The summed E-state index contributed by atoms with van der Waals surface area (Å²) in [4.78, 5) is 12.3. The topological polar surface area (TPSA) is 49.3 Å². The van der Waals surface area contributed by atoms with Crippen LogP contribution >= 0.6 is 11.6 Å². The van der Waals surface area contributed by atoms with Gasteiger partial charge in [-0.3, -0.25) is 4.79 Å². The number of aromatic hydroxyl groups is 1. The van der Waals surface area contributed by atoms with E-state index in [0.29, 0.717) is 16.5 Å². The molecule has 3 nitrogen and oxygen atoms in total. The van der Waals surface area contributed by atoms with Crippen molar-refractivity contribution in [3.8, 4) is 5.75 Å². The predicted molar refractivity (Wildman–Crippen MR) is 81.2 cm³/mol. The van der Waals surface area contributed by atoms with Crippen LogP contribution in [0.4, 0.5) is 0 Å². The van der Waals surface area contributed by atoms with Gasteiger partial charge in [0.25, 0.3) is 5.91 Å². The Morgan fingerprint density at radius 1 is 1.40 bits per heavy atom. The van der Waals surface area contributed by atoms with Crippen molar-refractivity contribution in [3.05, 3.63) is 28.8 Å². The van der Waals surface area contributed by atoms with Gasteiger partial charge in [-0.2, -0.15) is 0 Å². The molecule has 1 unspecified atom stereocenters. The van der Waals surface area contributed by atoms with E-state index in [1.807, 2.05) is 0 Å². The number of nitrogens with one attached hydrogen (secondary N) is 1. The van der Waals surface area contributed by atoms with E-state index in [-0.39, 0.29) is 17.7 Å². The Hall–Kier alpha value is -1.22. The summed E-state index contributed by atoms with van der Waals surface area (Å²) in [5, 5.41) is 12.9. The third kappa shape index (κ3) is 3.66. The highest BCUT2D eigenvalue weighted by atomic mass is 35.5. The second kappa shape index (κ2) is 6.98. The molecule has 2 N–H and O–H groups in total. The molecule has 1 fully saturated rings. The summed E-state index contributed by atoms with van der Waals surface area (Å²) < 4.78 is 0. The van der Waals surface area contributed by atoms with Gasteiger partial charge in [0.1, 0.15) is 5.75 Å². The van der Waals surface area contributed by atoms with E-state index in [2.05, 4.69) is 12.2 Å². The maximum atomic E-state index is 12.3. The number of halogens is 1. The molecule has 1 saturated carbocycles. The number of benzene rings is 1. The minimum absolute atomic E-state index is 0.0604. The molecule has 0 spiro atoms. The lowest BCUT2D eigenvalue weighted by atomic mass is 9.83. The van der Waals surface area contributed by atoms with Crippen LogP contribution in [-0.2, 0) is 0 Å². The summed E-state index contributed by atoms with van der Waals surface area (Å²) >= 11 is 6.03. The molecule has 0 heterocycles. The molecule has 0 aliphatic heterocycles. The lowest BCUT2D eigenvalue weighted by Gasteiger charge is -2.30. The van der Waals surface area contributed by atoms with Gasteiger partial charge >= 0.3 is 0 Å². The normalized spacial score (nSPS) is 17.7. The summed E-state index contributed by atoms with van der Waals surface area (Å²) in [7, 11) is 0. The zero-order valence-corrected chi connectivity index (χ0v) is 12.6. The van der Waals surface area contributed by atoms with Crippen LogP contribution in [0.25, 0.3) is 0 Å². The van der Waals surface area contributed by atoms with Crippen molar-refractivity contribution in [1.82, 2.24) is 5.32 Å². The van der Waals surface area contributed by atoms with Crippen LogP contribution in [0.2, 0.25) is 5.02 Å². The Labute approximate surface area is 125 Å². The lowest BCUT2D eigenvalue weighted by molar-refractivity contribution is 0.0911. The molecule has 0 aromatic heterocycles. The third-order valence-electron chi connectivity index (χ3n) is 4.17. The highest BCUT2D eigenvalue weighted by molar-refractivity contribution is 6.33. The first-order chi connectivity index (χ1) is 9.61. The highest BCUT2D eigenvalue weighted by Gasteiger charge is 2.24. The van der Waals surface area contributed by atoms with Gasteiger partial charge in [0.15, 0.2) is 0 Å². The van der Waals surface area contributed by atoms with Crippen LogP contribution in [0.1, 0.15) is 55.8 Å². The first kappa shape index (κ1) is 15.2. The molecule has 0 saturated heterocycles. The van der Waals surface area contributed by atoms with Crippen molar-refractivity contribution in [2.45, 2.75) is 51.5 Å². The van der Waals surface area contributed by atoms with Crippen LogP contribution in [0.15, 0.2) is 18.2 Å². The largest absolute Gasteiger partial charge is 0.508 e. The SMILES string of the molecule is CCC(NC(=O)c1cc(O)ccc1Cl)C1CCCCC1. The fraction of sp³-hybridized carbons (Fsp3) is 0.562. The maximum Gasteiger partial charge on any atom is 0.253 e. The van der Waals surface area contributed by atoms with Gasteiger partial charge in [-0.25, -0.2) is 0 Å². The van der Waals surface area contributed by atoms with Crippen LogP contribution in [-0.4, -0.2) is 17.1 Å². The summed E-state index contributed by atoms with van der Waals surface area (Å²) in [5.74, 6) is 0.433. The van der Waals surface area contributed by atoms with Gasteiger partial charge < -0.3 is 10.4 Å². The molecule has 20 heavy (non-hydrogen) atoms. The minimum atomic E-state index is -0.191. The number of amides is 1. The van der Waals surface area contributed by atoms with Gasteiger partial charge in [-0.1, -0.05) is 37.8 Å². The van der Waals surface area contributed by atoms with Crippen LogP contribution in [0, 0.1) is 5.92 Å². The van der Waals surface area contributed by atoms with Gasteiger partial charge in [0.05, 0.1) is 10.6 Å². The van der Waals surface area contributed by atoms with Crippen molar-refractivity contribution < 1.29 is 9.90 Å². The minimum Gasteiger partial charge on any atom is -0.508 e. The Bertz CT molecular complexity index is 470. The maximum absolute atomic E-state index is 12.3. The molecule has 0 bridgehead atoms. The molecule has 1 atom stereocenters. The van der Waals surface area contributed by atoms with Crippen molar-refractivity contribution in [3.63, 3.8) is 0 Å². The second-order valence-electron chi connectivity index (χ2n) is 5.55. The molecule has 110 valence electrons. The number of hydrogen-bond donors (Lipinski definition) is 2. The average Bonchev–Trinajstić information content (AvgIpc) is 2.48. The smallest absolute Gasteiger partial charge is 0.253 e. The van der Waals surface area contributed by atoms with E-state index in [0.717, 1.165) is 6.42 Å². The van der Waals surface area contributed by atoms with Gasteiger partial charge in [0.2, 0.25) is 0 Å². The van der Waals surface area contributed by atoms with E-state index in [1.165, 1.54) is 44.2 Å². The molecule has 1 aromatic carbocycles. The van der Waals surface area contributed by atoms with Crippen LogP contribution in [0.3, 0.4) is 0 Å². The van der Waals surface area contributed by atoms with Gasteiger partial charge in [0, 0.05) is 6.04 Å². The molecule has 1 aliphatic carbocycles. The summed E-state index contributed by atoms with van der Waals surface area (Å²) in [6, 6.07) is 4.65. The lowest BCUT2D eigenvalue weighted by Crippen LogP contribution is -2.40. The third-order valence-corrected chi connectivity index (χ3v) is 4.50. The summed E-state index contributed by atoms with van der Waals surface area (Å²) in [6.07, 6.45) is 7.11. The molecular weight excluding hydrogens is 274 g/mol. The molecule has 1 amide bonds.